The molecule has 162 valence electrons. The summed E-state index contributed by atoms with van der Waals surface area (Å²) >= 11 is 1.13. The molecular formula is C18H22N4O6S2. The second kappa shape index (κ2) is 10.4. The molecule has 1 heterocycles. The maximum absolute atomic E-state index is 12.5. The molecule has 0 unspecified atom stereocenters. The molecule has 10 nitrogen and oxygen atoms in total. The summed E-state index contributed by atoms with van der Waals surface area (Å²) in [5.74, 6) is -0.185. The van der Waals surface area contributed by atoms with Crippen molar-refractivity contribution in [3.8, 4) is 5.75 Å². The number of nitro groups is 1. The number of hydrogen-bond donors (Lipinski definition) is 1. The summed E-state index contributed by atoms with van der Waals surface area (Å²) in [7, 11) is -2.24. The molecule has 2 rings (SSSR count). The Morgan fingerprint density at radius 3 is 2.50 bits per heavy atom. The minimum atomic E-state index is -3.59. The van der Waals surface area contributed by atoms with Gasteiger partial charge in [0.15, 0.2) is 0 Å². The Balaban J connectivity index is 2.01. The highest BCUT2D eigenvalue weighted by Gasteiger charge is 2.22. The molecule has 0 aliphatic heterocycles. The molecular weight excluding hydrogens is 432 g/mol. The van der Waals surface area contributed by atoms with Crippen molar-refractivity contribution in [1.29, 1.82) is 0 Å². The van der Waals surface area contributed by atoms with Gasteiger partial charge in [0.1, 0.15) is 10.6 Å². The molecule has 30 heavy (non-hydrogen) atoms. The van der Waals surface area contributed by atoms with Crippen LogP contribution in [0.1, 0.15) is 13.8 Å². The van der Waals surface area contributed by atoms with Crippen LogP contribution in [-0.2, 0) is 14.8 Å². The summed E-state index contributed by atoms with van der Waals surface area (Å²) in [6.07, 6.45) is 1.27. The van der Waals surface area contributed by atoms with Gasteiger partial charge in [-0.2, -0.15) is 4.31 Å². The zero-order valence-corrected chi connectivity index (χ0v) is 18.3. The average Bonchev–Trinajstić information content (AvgIpc) is 2.73. The van der Waals surface area contributed by atoms with E-state index in [1.807, 2.05) is 0 Å². The molecule has 0 aliphatic rings. The number of sulfonamides is 1. The fourth-order valence-corrected chi connectivity index (χ4v) is 4.59. The van der Waals surface area contributed by atoms with Gasteiger partial charge in [0.05, 0.1) is 34.6 Å². The van der Waals surface area contributed by atoms with Crippen LogP contribution in [0.15, 0.2) is 46.5 Å². The van der Waals surface area contributed by atoms with Gasteiger partial charge in [-0.1, -0.05) is 25.6 Å². The molecule has 0 spiro atoms. The molecule has 1 N–H and O–H groups in total. The predicted octanol–water partition coefficient (Wildman–Crippen LogP) is 2.76. The zero-order chi connectivity index (χ0) is 22.3. The molecule has 1 aromatic carbocycles. The van der Waals surface area contributed by atoms with Crippen LogP contribution in [-0.4, -0.2) is 54.5 Å². The fourth-order valence-electron chi connectivity index (χ4n) is 2.54. The lowest BCUT2D eigenvalue weighted by Crippen LogP contribution is -2.30. The molecule has 2 aromatic rings. The lowest BCUT2D eigenvalue weighted by molar-refractivity contribution is -0.384. The molecule has 0 saturated heterocycles. The van der Waals surface area contributed by atoms with Crippen molar-refractivity contribution in [2.24, 2.45) is 0 Å². The van der Waals surface area contributed by atoms with Gasteiger partial charge in [-0.3, -0.25) is 14.9 Å². The number of hydrogen-bond acceptors (Lipinski definition) is 8. The van der Waals surface area contributed by atoms with Crippen molar-refractivity contribution in [2.45, 2.75) is 23.8 Å². The largest absolute Gasteiger partial charge is 0.494 e. The van der Waals surface area contributed by atoms with Crippen molar-refractivity contribution in [3.05, 3.63) is 46.6 Å². The van der Waals surface area contributed by atoms with E-state index in [9.17, 15) is 23.3 Å². The summed E-state index contributed by atoms with van der Waals surface area (Å²) in [5.41, 5.74) is 0.158. The van der Waals surface area contributed by atoms with Gasteiger partial charge in [0.25, 0.3) is 5.69 Å². The first kappa shape index (κ1) is 23.6. The summed E-state index contributed by atoms with van der Waals surface area (Å²) in [5, 5.41) is 13.9. The van der Waals surface area contributed by atoms with Gasteiger partial charge in [-0.15, -0.1) is 0 Å². The van der Waals surface area contributed by atoms with Gasteiger partial charge < -0.3 is 10.1 Å². The first-order valence-corrected chi connectivity index (χ1v) is 11.4. The third-order valence-corrected chi connectivity index (χ3v) is 7.05. The number of non-ortho nitro benzene ring substituents is 1. The van der Waals surface area contributed by atoms with Crippen molar-refractivity contribution in [1.82, 2.24) is 9.29 Å². The Morgan fingerprint density at radius 2 is 1.97 bits per heavy atom. The molecule has 1 aromatic heterocycles. The molecule has 12 heteroatoms. The van der Waals surface area contributed by atoms with Crippen LogP contribution in [0.2, 0.25) is 0 Å². The summed E-state index contributed by atoms with van der Waals surface area (Å²) < 4.78 is 31.3. The third-order valence-electron chi connectivity index (χ3n) is 4.07. The topological polar surface area (TPSA) is 132 Å². The van der Waals surface area contributed by atoms with Crippen LogP contribution in [0, 0.1) is 10.1 Å². The van der Waals surface area contributed by atoms with Crippen molar-refractivity contribution >= 4 is 39.1 Å². The van der Waals surface area contributed by atoms with Gasteiger partial charge in [0, 0.05) is 25.4 Å². The standard InChI is InChI=1S/C18H22N4O6S2/c1-4-21(5-2)30(26,27)14-7-9-18(19-11-14)29-12-17(23)20-15-8-6-13(22(24)25)10-16(15)28-3/h6-11H,4-5,12H2,1-3H3,(H,20,23). The van der Waals surface area contributed by atoms with E-state index in [-0.39, 0.29) is 28.0 Å². The molecule has 0 fully saturated rings. The smallest absolute Gasteiger partial charge is 0.273 e. The number of aromatic nitrogens is 1. The van der Waals surface area contributed by atoms with Gasteiger partial charge in [0.2, 0.25) is 15.9 Å². The molecule has 0 atom stereocenters. The number of amides is 1. The summed E-state index contributed by atoms with van der Waals surface area (Å²) in [6.45, 7) is 4.25. The van der Waals surface area contributed by atoms with E-state index < -0.39 is 14.9 Å². The second-order valence-corrected chi connectivity index (χ2v) is 8.83. The van der Waals surface area contributed by atoms with E-state index in [4.69, 9.17) is 4.74 Å². The Labute approximate surface area is 178 Å². The predicted molar refractivity (Wildman–Crippen MR) is 113 cm³/mol. The van der Waals surface area contributed by atoms with Crippen LogP contribution in [0.3, 0.4) is 0 Å². The number of anilines is 1. The fraction of sp³-hybridized carbons (Fsp3) is 0.333. The number of benzene rings is 1. The second-order valence-electron chi connectivity index (χ2n) is 5.90. The Hall–Kier alpha value is -2.70. The highest BCUT2D eigenvalue weighted by molar-refractivity contribution is 7.99. The van der Waals surface area contributed by atoms with Crippen molar-refractivity contribution < 1.29 is 22.9 Å². The van der Waals surface area contributed by atoms with Crippen molar-refractivity contribution in [2.75, 3.05) is 31.3 Å². The molecule has 0 saturated carbocycles. The minimum absolute atomic E-state index is 0.00921. The van der Waals surface area contributed by atoms with Crippen LogP contribution in [0.5, 0.6) is 5.75 Å². The lowest BCUT2D eigenvalue weighted by Gasteiger charge is -2.18. The van der Waals surface area contributed by atoms with E-state index in [2.05, 4.69) is 10.3 Å². The van der Waals surface area contributed by atoms with Crippen LogP contribution in [0.4, 0.5) is 11.4 Å². The monoisotopic (exact) mass is 454 g/mol. The normalized spacial score (nSPS) is 11.3. The molecule has 0 bridgehead atoms. The number of rotatable bonds is 10. The number of pyridine rings is 1. The Bertz CT molecular complexity index is 1010. The lowest BCUT2D eigenvalue weighted by atomic mass is 10.2. The summed E-state index contributed by atoms with van der Waals surface area (Å²) in [4.78, 5) is 26.7. The number of methoxy groups -OCH3 is 1. The number of carbonyl (C=O) groups excluding carboxylic acids is 1. The quantitative estimate of drug-likeness (QED) is 0.329. The Morgan fingerprint density at radius 1 is 1.27 bits per heavy atom. The van der Waals surface area contributed by atoms with E-state index in [1.54, 1.807) is 19.9 Å². The summed E-state index contributed by atoms with van der Waals surface area (Å²) in [6, 6.07) is 6.88. The SMILES string of the molecule is CCN(CC)S(=O)(=O)c1ccc(SCC(=O)Nc2ccc([N+](=O)[O-])cc2OC)nc1. The maximum Gasteiger partial charge on any atom is 0.273 e. The van der Waals surface area contributed by atoms with Crippen LogP contribution >= 0.6 is 11.8 Å². The number of ether oxygens (including phenoxy) is 1. The van der Waals surface area contributed by atoms with Crippen LogP contribution < -0.4 is 10.1 Å². The zero-order valence-electron chi connectivity index (χ0n) is 16.7. The minimum Gasteiger partial charge on any atom is -0.494 e. The maximum atomic E-state index is 12.5. The van der Waals surface area contributed by atoms with E-state index >= 15 is 0 Å². The van der Waals surface area contributed by atoms with Gasteiger partial charge in [-0.05, 0) is 18.2 Å². The van der Waals surface area contributed by atoms with Crippen molar-refractivity contribution in [3.63, 3.8) is 0 Å². The van der Waals surface area contributed by atoms with E-state index in [0.717, 1.165) is 11.8 Å². The number of nitrogens with zero attached hydrogens (tertiary/aromatic N) is 3. The van der Waals surface area contributed by atoms with Gasteiger partial charge >= 0.3 is 0 Å². The Kier molecular flexibility index (Phi) is 8.15. The highest BCUT2D eigenvalue weighted by atomic mass is 32.2. The highest BCUT2D eigenvalue weighted by Crippen LogP contribution is 2.29. The third kappa shape index (κ3) is 5.68. The number of nitrogens with one attached hydrogen (secondary N) is 1. The molecule has 0 aliphatic carbocycles. The average molecular weight is 455 g/mol. The van der Waals surface area contributed by atoms with Crippen LogP contribution in [0.25, 0.3) is 0 Å². The first-order chi connectivity index (χ1) is 14.2. The number of thioether (sulfide) groups is 1. The first-order valence-electron chi connectivity index (χ1n) is 8.94. The molecule has 0 radical (unpaired) electrons. The van der Waals surface area contributed by atoms with Gasteiger partial charge in [-0.25, -0.2) is 13.4 Å². The molecule has 1 amide bonds. The number of carbonyl (C=O) groups is 1. The van der Waals surface area contributed by atoms with E-state index in [1.165, 1.54) is 41.9 Å². The number of nitro benzene ring substituents is 1. The van der Waals surface area contributed by atoms with E-state index in [0.29, 0.717) is 23.8 Å².